The fourth-order valence-corrected chi connectivity index (χ4v) is 2.81. The van der Waals surface area contributed by atoms with Crippen LogP contribution in [0.3, 0.4) is 0 Å². The van der Waals surface area contributed by atoms with E-state index in [0.717, 1.165) is 11.1 Å². The summed E-state index contributed by atoms with van der Waals surface area (Å²) in [6.07, 6.45) is 2.25. The van der Waals surface area contributed by atoms with Crippen molar-refractivity contribution in [2.24, 2.45) is 0 Å². The molecule has 0 aliphatic carbocycles. The topological polar surface area (TPSA) is 30.7 Å². The van der Waals surface area contributed by atoms with Crippen LogP contribution in [-0.4, -0.2) is 20.4 Å². The lowest BCUT2D eigenvalue weighted by Gasteiger charge is -2.09. The van der Waals surface area contributed by atoms with Gasteiger partial charge in [0.05, 0.1) is 5.69 Å². The van der Waals surface area contributed by atoms with E-state index in [9.17, 15) is 4.39 Å². The van der Waals surface area contributed by atoms with E-state index >= 15 is 0 Å². The molecule has 21 heavy (non-hydrogen) atoms. The van der Waals surface area contributed by atoms with E-state index in [0.29, 0.717) is 33.9 Å². The van der Waals surface area contributed by atoms with Crippen molar-refractivity contribution in [1.29, 1.82) is 0 Å². The molecule has 0 aliphatic rings. The summed E-state index contributed by atoms with van der Waals surface area (Å²) in [5.41, 5.74) is 2.86. The summed E-state index contributed by atoms with van der Waals surface area (Å²) >= 11 is 9.12. The van der Waals surface area contributed by atoms with Gasteiger partial charge in [-0.1, -0.05) is 15.9 Å². The average molecular weight is 369 g/mol. The molecule has 0 radical (unpaired) electrons. The van der Waals surface area contributed by atoms with Gasteiger partial charge in [-0.2, -0.15) is 0 Å². The smallest absolute Gasteiger partial charge is 0.165 e. The molecule has 3 nitrogen and oxygen atoms in total. The van der Waals surface area contributed by atoms with Crippen molar-refractivity contribution >= 4 is 38.7 Å². The second kappa shape index (κ2) is 5.73. The lowest BCUT2D eigenvalue weighted by molar-refractivity contribution is 0.615. The maximum absolute atomic E-state index is 14.3. The van der Waals surface area contributed by atoms with Gasteiger partial charge >= 0.3 is 0 Å². The summed E-state index contributed by atoms with van der Waals surface area (Å²) in [6.45, 7) is 1.96. The molecule has 0 N–H and O–H groups in total. The predicted molar refractivity (Wildman–Crippen MR) is 85.7 cm³/mol. The van der Waals surface area contributed by atoms with Gasteiger partial charge in [0.15, 0.2) is 5.65 Å². The van der Waals surface area contributed by atoms with E-state index < -0.39 is 0 Å². The molecule has 0 atom stereocenters. The van der Waals surface area contributed by atoms with Crippen LogP contribution in [0.4, 0.5) is 4.39 Å². The van der Waals surface area contributed by atoms with Crippen molar-refractivity contribution in [1.82, 2.24) is 14.5 Å². The molecule has 108 valence electrons. The van der Waals surface area contributed by atoms with Crippen LogP contribution >= 0.6 is 27.5 Å². The van der Waals surface area contributed by atoms with E-state index in [2.05, 4.69) is 25.9 Å². The van der Waals surface area contributed by atoms with Crippen LogP contribution in [0.25, 0.3) is 16.9 Å². The second-order valence-corrected chi connectivity index (χ2v) is 5.99. The highest BCUT2D eigenvalue weighted by atomic mass is 79.9. The number of fused-ring (bicyclic) bond motifs is 1. The number of pyridine rings is 1. The highest BCUT2D eigenvalue weighted by Gasteiger charge is 2.17. The Kier molecular flexibility index (Phi) is 3.95. The first-order chi connectivity index (χ1) is 10.1. The van der Waals surface area contributed by atoms with E-state index in [4.69, 9.17) is 11.6 Å². The quantitative estimate of drug-likeness (QED) is 0.641. The molecule has 6 heteroatoms. The number of aromatic nitrogens is 3. The van der Waals surface area contributed by atoms with Gasteiger partial charge in [0.1, 0.15) is 17.2 Å². The first-order valence-corrected chi connectivity index (χ1v) is 7.79. The zero-order chi connectivity index (χ0) is 15.0. The Bertz CT molecular complexity index is 816. The Hall–Kier alpha value is -1.46. The minimum Gasteiger partial charge on any atom is -0.278 e. The number of rotatable bonds is 3. The monoisotopic (exact) mass is 367 g/mol. The summed E-state index contributed by atoms with van der Waals surface area (Å²) in [5.74, 6) is 0.798. The Morgan fingerprint density at radius 2 is 2.14 bits per heavy atom. The number of aryl methyl sites for hydroxylation is 2. The maximum atomic E-state index is 14.3. The lowest BCUT2D eigenvalue weighted by atomic mass is 10.2. The highest BCUT2D eigenvalue weighted by Crippen LogP contribution is 2.26. The van der Waals surface area contributed by atoms with E-state index in [1.807, 2.05) is 13.0 Å². The Labute approximate surface area is 134 Å². The fraction of sp³-hybridized carbons (Fsp3) is 0.200. The lowest BCUT2D eigenvalue weighted by Crippen LogP contribution is -2.05. The zero-order valence-corrected chi connectivity index (χ0v) is 13.6. The van der Waals surface area contributed by atoms with Crippen LogP contribution in [0, 0.1) is 12.7 Å². The Morgan fingerprint density at radius 1 is 1.33 bits per heavy atom. The van der Waals surface area contributed by atoms with Crippen molar-refractivity contribution in [2.45, 2.75) is 13.3 Å². The number of hydrogen-bond donors (Lipinski definition) is 0. The zero-order valence-electron chi connectivity index (χ0n) is 11.3. The molecular weight excluding hydrogens is 357 g/mol. The summed E-state index contributed by atoms with van der Waals surface area (Å²) in [4.78, 5) is 8.94. The summed E-state index contributed by atoms with van der Waals surface area (Å²) in [5, 5.41) is 0. The van der Waals surface area contributed by atoms with Gasteiger partial charge in [0, 0.05) is 23.0 Å². The summed E-state index contributed by atoms with van der Waals surface area (Å²) < 4.78 is 16.8. The number of alkyl halides is 1. The predicted octanol–water partition coefficient (Wildman–Crippen LogP) is 4.41. The molecule has 3 rings (SSSR count). The third kappa shape index (κ3) is 2.56. The molecule has 0 bridgehead atoms. The van der Waals surface area contributed by atoms with Gasteiger partial charge in [0.2, 0.25) is 0 Å². The molecule has 0 spiro atoms. The Balaban J connectivity index is 2.33. The number of benzene rings is 1. The standard InChI is InChI=1S/C15H12BrClFN3/c1-9-5-7-19-15-14(9)20-13(4-6-17)21(15)12-3-2-10(16)8-11(12)18/h2-3,5,7-8H,4,6H2,1H3. The summed E-state index contributed by atoms with van der Waals surface area (Å²) in [7, 11) is 0. The van der Waals surface area contributed by atoms with Gasteiger partial charge in [-0.05, 0) is 36.8 Å². The van der Waals surface area contributed by atoms with E-state index in [1.54, 1.807) is 22.9 Å². The second-order valence-electron chi connectivity index (χ2n) is 4.70. The highest BCUT2D eigenvalue weighted by molar-refractivity contribution is 9.10. The number of halogens is 3. The minimum absolute atomic E-state index is 0.331. The molecule has 1 aromatic carbocycles. The molecule has 2 heterocycles. The molecular formula is C15H12BrClFN3. The van der Waals surface area contributed by atoms with E-state index in [1.165, 1.54) is 6.07 Å². The SMILES string of the molecule is Cc1ccnc2c1nc(CCCl)n2-c1ccc(Br)cc1F. The van der Waals surface area contributed by atoms with Crippen molar-refractivity contribution < 1.29 is 4.39 Å². The van der Waals surface area contributed by atoms with E-state index in [-0.39, 0.29) is 5.82 Å². The van der Waals surface area contributed by atoms with Crippen LogP contribution in [0.5, 0.6) is 0 Å². The van der Waals surface area contributed by atoms with Crippen LogP contribution in [0.1, 0.15) is 11.4 Å². The number of hydrogen-bond acceptors (Lipinski definition) is 2. The fourth-order valence-electron chi connectivity index (χ4n) is 2.31. The molecule has 0 unspecified atom stereocenters. The van der Waals surface area contributed by atoms with Crippen molar-refractivity contribution in [3.05, 3.63) is 52.1 Å². The maximum Gasteiger partial charge on any atom is 0.165 e. The van der Waals surface area contributed by atoms with Crippen molar-refractivity contribution in [2.75, 3.05) is 5.88 Å². The van der Waals surface area contributed by atoms with Crippen LogP contribution < -0.4 is 0 Å². The minimum atomic E-state index is -0.331. The van der Waals surface area contributed by atoms with Crippen LogP contribution in [0.15, 0.2) is 34.9 Å². The molecule has 0 aliphatic heterocycles. The third-order valence-corrected chi connectivity index (χ3v) is 3.97. The molecule has 3 aromatic rings. The van der Waals surface area contributed by atoms with Crippen molar-refractivity contribution in [3.63, 3.8) is 0 Å². The molecule has 0 saturated carbocycles. The van der Waals surface area contributed by atoms with Gasteiger partial charge < -0.3 is 0 Å². The largest absolute Gasteiger partial charge is 0.278 e. The Morgan fingerprint density at radius 3 is 2.86 bits per heavy atom. The normalized spacial score (nSPS) is 11.2. The number of imidazole rings is 1. The first-order valence-electron chi connectivity index (χ1n) is 6.46. The first kappa shape index (κ1) is 14.5. The van der Waals surface area contributed by atoms with Gasteiger partial charge in [-0.25, -0.2) is 14.4 Å². The van der Waals surface area contributed by atoms with Gasteiger partial charge in [0.25, 0.3) is 0 Å². The van der Waals surface area contributed by atoms with Gasteiger partial charge in [-0.15, -0.1) is 11.6 Å². The number of nitrogens with zero attached hydrogens (tertiary/aromatic N) is 3. The molecule has 0 saturated heterocycles. The van der Waals surface area contributed by atoms with Crippen LogP contribution in [0.2, 0.25) is 0 Å². The molecule has 0 fully saturated rings. The van der Waals surface area contributed by atoms with Gasteiger partial charge in [-0.3, -0.25) is 4.57 Å². The third-order valence-electron chi connectivity index (χ3n) is 3.29. The molecule has 2 aromatic heterocycles. The molecule has 0 amide bonds. The summed E-state index contributed by atoms with van der Waals surface area (Å²) in [6, 6.07) is 6.83. The van der Waals surface area contributed by atoms with Crippen molar-refractivity contribution in [3.8, 4) is 5.69 Å². The average Bonchev–Trinajstić information content (AvgIpc) is 2.79. The van der Waals surface area contributed by atoms with Crippen LogP contribution in [-0.2, 0) is 6.42 Å².